The van der Waals surface area contributed by atoms with Crippen LogP contribution in [0.5, 0.6) is 0 Å². The molecule has 0 fully saturated rings. The van der Waals surface area contributed by atoms with Crippen molar-refractivity contribution < 1.29 is 9.22 Å². The fourth-order valence-electron chi connectivity index (χ4n) is 1.18. The van der Waals surface area contributed by atoms with Gasteiger partial charge in [-0.05, 0) is 18.3 Å². The van der Waals surface area contributed by atoms with Crippen LogP contribution in [0.4, 0.5) is 0 Å². The lowest BCUT2D eigenvalue weighted by Crippen LogP contribution is -2.45. The van der Waals surface area contributed by atoms with Crippen LogP contribution in [-0.2, 0) is 9.22 Å². The van der Waals surface area contributed by atoms with Gasteiger partial charge in [0, 0.05) is 0 Å². The van der Waals surface area contributed by atoms with Gasteiger partial charge < -0.3 is 4.43 Å². The molecule has 1 aromatic carbocycles. The second-order valence-electron chi connectivity index (χ2n) is 3.35. The van der Waals surface area contributed by atoms with E-state index >= 15 is 0 Å². The number of rotatable bonds is 2. The van der Waals surface area contributed by atoms with E-state index in [2.05, 4.69) is 6.92 Å². The van der Waals surface area contributed by atoms with Gasteiger partial charge in [-0.3, -0.25) is 4.79 Å². The van der Waals surface area contributed by atoms with Crippen LogP contribution in [0, 0.1) is 6.92 Å². The van der Waals surface area contributed by atoms with Crippen molar-refractivity contribution in [2.75, 3.05) is 0 Å². The van der Waals surface area contributed by atoms with Gasteiger partial charge in [0.2, 0.25) is 0 Å². The quantitative estimate of drug-likeness (QED) is 0.665. The molecule has 69 valence electrons. The second kappa shape index (κ2) is 3.74. The molecule has 0 amide bonds. The summed E-state index contributed by atoms with van der Waals surface area (Å²) in [6, 6.07) is 9.80. The van der Waals surface area contributed by atoms with Crippen LogP contribution in [0.25, 0.3) is 0 Å². The second-order valence-corrected chi connectivity index (χ2v) is 7.15. The van der Waals surface area contributed by atoms with Crippen LogP contribution >= 0.6 is 0 Å². The lowest BCUT2D eigenvalue weighted by Gasteiger charge is -2.21. The summed E-state index contributed by atoms with van der Waals surface area (Å²) < 4.78 is 5.21. The Labute approximate surface area is 79.7 Å². The SMILES string of the molecule is [CH2]C(=O)O[Si](C)(C)c1ccccc1. The molecular weight excluding hydrogens is 180 g/mol. The van der Waals surface area contributed by atoms with Crippen molar-refractivity contribution in [3.8, 4) is 0 Å². The molecule has 2 nitrogen and oxygen atoms in total. The summed E-state index contributed by atoms with van der Waals surface area (Å²) in [5.41, 5.74) is 0. The van der Waals surface area contributed by atoms with Crippen LogP contribution < -0.4 is 5.19 Å². The molecule has 0 N–H and O–H groups in total. The molecule has 0 saturated carbocycles. The minimum atomic E-state index is -2.05. The van der Waals surface area contributed by atoms with Crippen molar-refractivity contribution in [3.05, 3.63) is 37.3 Å². The predicted molar refractivity (Wildman–Crippen MR) is 55.0 cm³/mol. The van der Waals surface area contributed by atoms with Crippen LogP contribution in [0.2, 0.25) is 13.1 Å². The molecule has 1 rings (SSSR count). The number of carbonyl (C=O) groups is 1. The van der Waals surface area contributed by atoms with E-state index in [1.807, 2.05) is 43.4 Å². The highest BCUT2D eigenvalue weighted by Crippen LogP contribution is 2.04. The molecule has 0 aliphatic carbocycles. The first-order valence-corrected chi connectivity index (χ1v) is 7.03. The third kappa shape index (κ3) is 2.70. The van der Waals surface area contributed by atoms with Gasteiger partial charge in [-0.1, -0.05) is 30.3 Å². The third-order valence-corrected chi connectivity index (χ3v) is 4.30. The number of hydrogen-bond acceptors (Lipinski definition) is 2. The van der Waals surface area contributed by atoms with Crippen molar-refractivity contribution in [3.63, 3.8) is 0 Å². The Kier molecular flexibility index (Phi) is 2.88. The van der Waals surface area contributed by atoms with E-state index in [1.165, 1.54) is 0 Å². The molecule has 0 atom stereocenters. The Morgan fingerprint density at radius 3 is 2.31 bits per heavy atom. The molecule has 0 unspecified atom stereocenters. The minimum absolute atomic E-state index is 0.444. The fraction of sp³-hybridized carbons (Fsp3) is 0.200. The van der Waals surface area contributed by atoms with Gasteiger partial charge in [0.05, 0.1) is 6.92 Å². The van der Waals surface area contributed by atoms with Crippen molar-refractivity contribution in [1.82, 2.24) is 0 Å². The van der Waals surface area contributed by atoms with E-state index in [0.717, 1.165) is 5.19 Å². The van der Waals surface area contributed by atoms with Crippen LogP contribution in [0.15, 0.2) is 30.3 Å². The molecule has 0 saturated heterocycles. The molecule has 0 spiro atoms. The summed E-state index contributed by atoms with van der Waals surface area (Å²) >= 11 is 0. The number of carbonyl (C=O) groups excluding carboxylic acids is 1. The van der Waals surface area contributed by atoms with Gasteiger partial charge in [-0.15, -0.1) is 0 Å². The lowest BCUT2D eigenvalue weighted by molar-refractivity contribution is -0.129. The van der Waals surface area contributed by atoms with Gasteiger partial charge in [0.25, 0.3) is 14.3 Å². The third-order valence-electron chi connectivity index (χ3n) is 1.84. The normalized spacial score (nSPS) is 11.0. The number of benzene rings is 1. The van der Waals surface area contributed by atoms with Crippen LogP contribution in [-0.4, -0.2) is 14.3 Å². The molecule has 0 aromatic heterocycles. The molecule has 0 aliphatic heterocycles. The smallest absolute Gasteiger partial charge is 0.293 e. The highest BCUT2D eigenvalue weighted by molar-refractivity contribution is 6.85. The Morgan fingerprint density at radius 2 is 1.85 bits per heavy atom. The summed E-state index contributed by atoms with van der Waals surface area (Å²) in [7, 11) is -2.05. The minimum Gasteiger partial charge on any atom is -0.515 e. The lowest BCUT2D eigenvalue weighted by atomic mass is 10.4. The van der Waals surface area contributed by atoms with Crippen molar-refractivity contribution >= 4 is 19.5 Å². The average molecular weight is 193 g/mol. The molecule has 3 heteroatoms. The summed E-state index contributed by atoms with van der Waals surface area (Å²) in [6.07, 6.45) is 0. The topological polar surface area (TPSA) is 26.3 Å². The Hall–Kier alpha value is -1.09. The summed E-state index contributed by atoms with van der Waals surface area (Å²) in [4.78, 5) is 10.7. The van der Waals surface area contributed by atoms with Crippen molar-refractivity contribution in [2.45, 2.75) is 13.1 Å². The molecule has 0 bridgehead atoms. The maximum absolute atomic E-state index is 10.7. The zero-order chi connectivity index (χ0) is 9.90. The first-order valence-electron chi connectivity index (χ1n) is 4.13. The summed E-state index contributed by atoms with van der Waals surface area (Å²) in [6.45, 7) is 7.18. The standard InChI is InChI=1S/C10H13O2Si/c1-9(11)12-13(2,3)10-7-5-4-6-8-10/h4-8H,1H2,2-3H3. The fourth-order valence-corrected chi connectivity index (χ4v) is 2.87. The van der Waals surface area contributed by atoms with Crippen molar-refractivity contribution in [2.24, 2.45) is 0 Å². The number of hydrogen-bond donors (Lipinski definition) is 0. The van der Waals surface area contributed by atoms with E-state index in [1.54, 1.807) is 0 Å². The van der Waals surface area contributed by atoms with Gasteiger partial charge in [0.15, 0.2) is 0 Å². The van der Waals surface area contributed by atoms with Crippen LogP contribution in [0.1, 0.15) is 0 Å². The molecule has 1 aromatic rings. The maximum atomic E-state index is 10.7. The summed E-state index contributed by atoms with van der Waals surface area (Å²) in [5.74, 6) is -0.444. The van der Waals surface area contributed by atoms with Gasteiger partial charge >= 0.3 is 0 Å². The largest absolute Gasteiger partial charge is 0.515 e. The Bertz CT molecular complexity index is 293. The van der Waals surface area contributed by atoms with Gasteiger partial charge in [-0.2, -0.15) is 0 Å². The highest BCUT2D eigenvalue weighted by atomic mass is 28.4. The van der Waals surface area contributed by atoms with E-state index in [0.29, 0.717) is 0 Å². The zero-order valence-corrected chi connectivity index (χ0v) is 8.91. The van der Waals surface area contributed by atoms with E-state index in [9.17, 15) is 4.79 Å². The molecule has 0 heterocycles. The zero-order valence-electron chi connectivity index (χ0n) is 7.91. The Morgan fingerprint density at radius 1 is 1.31 bits per heavy atom. The highest BCUT2D eigenvalue weighted by Gasteiger charge is 2.27. The predicted octanol–water partition coefficient (Wildman–Crippen LogP) is 1.48. The summed E-state index contributed by atoms with van der Waals surface area (Å²) in [5, 5.41) is 1.10. The first-order chi connectivity index (χ1) is 6.02. The van der Waals surface area contributed by atoms with Crippen LogP contribution in [0.3, 0.4) is 0 Å². The van der Waals surface area contributed by atoms with Crippen molar-refractivity contribution in [1.29, 1.82) is 0 Å². The van der Waals surface area contributed by atoms with Gasteiger partial charge in [0.1, 0.15) is 0 Å². The first kappa shape index (κ1) is 9.99. The monoisotopic (exact) mass is 193 g/mol. The molecule has 1 radical (unpaired) electrons. The van der Waals surface area contributed by atoms with E-state index in [4.69, 9.17) is 4.43 Å². The van der Waals surface area contributed by atoms with E-state index in [-0.39, 0.29) is 0 Å². The maximum Gasteiger partial charge on any atom is 0.293 e. The van der Waals surface area contributed by atoms with E-state index < -0.39 is 14.3 Å². The van der Waals surface area contributed by atoms with Gasteiger partial charge in [-0.25, -0.2) is 0 Å². The molecule has 0 aliphatic rings. The average Bonchev–Trinajstić information content (AvgIpc) is 2.04. The molecular formula is C10H13O2Si. The molecule has 13 heavy (non-hydrogen) atoms. The Balaban J connectivity index is 2.87.